The molecule has 2 N–H and O–H groups in total. The largest absolute Gasteiger partial charge is 0.345 e. The van der Waals surface area contributed by atoms with Gasteiger partial charge in [-0.05, 0) is 50.4 Å². The predicted octanol–water partition coefficient (Wildman–Crippen LogP) is 3.98. The third-order valence-corrected chi connectivity index (χ3v) is 6.75. The second-order valence-electron chi connectivity index (χ2n) is 7.71. The molecule has 2 aromatic rings. The van der Waals surface area contributed by atoms with Gasteiger partial charge >= 0.3 is 6.03 Å². The van der Waals surface area contributed by atoms with Crippen LogP contribution in [0.15, 0.2) is 18.2 Å². The molecule has 0 spiro atoms. The highest BCUT2D eigenvalue weighted by atomic mass is 35.5. The van der Waals surface area contributed by atoms with E-state index in [2.05, 4.69) is 40.3 Å². The van der Waals surface area contributed by atoms with Gasteiger partial charge in [-0.25, -0.2) is 4.79 Å². The molecule has 4 rings (SSSR count). The standard InChI is InChI=1S/C21H29ClN4O/c1-4-25(5-2)21(27)23-13-10-15-14-8-7-9-17-19(14)16(20(22)24-17)11-18(15)26(6-3)12-13/h7-9,13,15,18,24H,4-6,10-12H2,1-3H3,(H,23,27)/t13-,15+,18+/m0/s1. The summed E-state index contributed by atoms with van der Waals surface area (Å²) in [5.74, 6) is 0.420. The summed E-state index contributed by atoms with van der Waals surface area (Å²) >= 11 is 6.52. The Morgan fingerprint density at radius 2 is 2.11 bits per heavy atom. The lowest BCUT2D eigenvalue weighted by Gasteiger charge is -2.47. The average molecular weight is 389 g/mol. The number of benzene rings is 1. The molecule has 6 heteroatoms. The molecule has 1 saturated heterocycles. The topological polar surface area (TPSA) is 51.4 Å². The minimum atomic E-state index is 0.0545. The number of likely N-dealkylation sites (N-methyl/N-ethyl adjacent to an activating group) is 1. The van der Waals surface area contributed by atoms with Gasteiger partial charge in [-0.3, -0.25) is 4.90 Å². The van der Waals surface area contributed by atoms with E-state index in [9.17, 15) is 4.79 Å². The minimum absolute atomic E-state index is 0.0545. The Hall–Kier alpha value is -1.72. The second kappa shape index (κ2) is 7.36. The van der Waals surface area contributed by atoms with Crippen LogP contribution in [0.4, 0.5) is 4.79 Å². The summed E-state index contributed by atoms with van der Waals surface area (Å²) in [7, 11) is 0. The van der Waals surface area contributed by atoms with Crippen molar-refractivity contribution in [3.8, 4) is 0 Å². The number of halogens is 1. The Bertz CT molecular complexity index is 844. The molecular weight excluding hydrogens is 360 g/mol. The Kier molecular flexibility index (Phi) is 5.08. The highest BCUT2D eigenvalue weighted by molar-refractivity contribution is 6.32. The average Bonchev–Trinajstić information content (AvgIpc) is 2.99. The van der Waals surface area contributed by atoms with Gasteiger partial charge in [-0.1, -0.05) is 30.7 Å². The summed E-state index contributed by atoms with van der Waals surface area (Å²) in [5.41, 5.74) is 3.76. The number of nitrogens with one attached hydrogen (secondary N) is 2. The van der Waals surface area contributed by atoms with E-state index in [-0.39, 0.29) is 12.1 Å². The predicted molar refractivity (Wildman–Crippen MR) is 111 cm³/mol. The highest BCUT2D eigenvalue weighted by Crippen LogP contribution is 2.45. The number of nitrogens with zero attached hydrogens (tertiary/aromatic N) is 2. The zero-order valence-corrected chi connectivity index (χ0v) is 17.1. The van der Waals surface area contributed by atoms with E-state index in [1.165, 1.54) is 16.5 Å². The smallest absolute Gasteiger partial charge is 0.317 e. The number of amides is 2. The van der Waals surface area contributed by atoms with Gasteiger partial charge in [0.05, 0.1) is 0 Å². The second-order valence-corrected chi connectivity index (χ2v) is 8.09. The number of hydrogen-bond donors (Lipinski definition) is 2. The highest BCUT2D eigenvalue weighted by Gasteiger charge is 2.41. The lowest BCUT2D eigenvalue weighted by atomic mass is 9.74. The number of likely N-dealkylation sites (tertiary alicyclic amines) is 1. The molecular formula is C21H29ClN4O. The van der Waals surface area contributed by atoms with E-state index in [1.54, 1.807) is 0 Å². The van der Waals surface area contributed by atoms with E-state index in [4.69, 9.17) is 11.6 Å². The number of aromatic nitrogens is 1. The molecule has 1 aliphatic heterocycles. The van der Waals surface area contributed by atoms with Gasteiger partial charge in [0.25, 0.3) is 0 Å². The van der Waals surface area contributed by atoms with Crippen LogP contribution >= 0.6 is 11.6 Å². The first kappa shape index (κ1) is 18.6. The first-order chi connectivity index (χ1) is 13.1. The molecule has 1 aliphatic carbocycles. The van der Waals surface area contributed by atoms with Gasteiger partial charge in [0.15, 0.2) is 0 Å². The fourth-order valence-electron chi connectivity index (χ4n) is 5.09. The SMILES string of the molecule is CCN(CC)C(=O)N[C@H]1C[C@@H]2c3cccc4[nH]c(Cl)c(c34)C[C@H]2N(CC)C1. The normalized spacial score (nSPS) is 24.7. The van der Waals surface area contributed by atoms with E-state index in [1.807, 2.05) is 18.7 Å². The van der Waals surface area contributed by atoms with Gasteiger partial charge < -0.3 is 15.2 Å². The monoisotopic (exact) mass is 388 g/mol. The third kappa shape index (κ3) is 3.11. The maximum atomic E-state index is 12.6. The van der Waals surface area contributed by atoms with Crippen molar-refractivity contribution in [3.05, 3.63) is 34.5 Å². The van der Waals surface area contributed by atoms with Gasteiger partial charge in [0, 0.05) is 48.5 Å². The summed E-state index contributed by atoms with van der Waals surface area (Å²) in [6, 6.07) is 7.14. The lowest BCUT2D eigenvalue weighted by molar-refractivity contribution is 0.103. The molecule has 0 radical (unpaired) electrons. The zero-order chi connectivity index (χ0) is 19.1. The quantitative estimate of drug-likeness (QED) is 0.832. The number of rotatable bonds is 4. The van der Waals surface area contributed by atoms with Crippen LogP contribution in [0.25, 0.3) is 10.9 Å². The van der Waals surface area contributed by atoms with Gasteiger partial charge in [-0.15, -0.1) is 0 Å². The molecule has 146 valence electrons. The number of hydrogen-bond acceptors (Lipinski definition) is 2. The summed E-state index contributed by atoms with van der Waals surface area (Å²) in [5, 5.41) is 5.37. The summed E-state index contributed by atoms with van der Waals surface area (Å²) < 4.78 is 0. The molecule has 2 amide bonds. The van der Waals surface area contributed by atoms with Gasteiger partial charge in [-0.2, -0.15) is 0 Å². The van der Waals surface area contributed by atoms with Crippen molar-refractivity contribution in [1.29, 1.82) is 0 Å². The van der Waals surface area contributed by atoms with Crippen LogP contribution in [-0.4, -0.2) is 59.1 Å². The number of fused-ring (bicyclic) bond motifs is 2. The van der Waals surface area contributed by atoms with Crippen LogP contribution in [-0.2, 0) is 6.42 Å². The van der Waals surface area contributed by atoms with Crippen LogP contribution < -0.4 is 5.32 Å². The maximum absolute atomic E-state index is 12.6. The third-order valence-electron chi connectivity index (χ3n) is 6.43. The Labute approximate surface area is 166 Å². The molecule has 1 aromatic heterocycles. The fraction of sp³-hybridized carbons (Fsp3) is 0.571. The van der Waals surface area contributed by atoms with E-state index in [0.29, 0.717) is 12.0 Å². The first-order valence-electron chi connectivity index (χ1n) is 10.2. The number of piperidine rings is 1. The number of urea groups is 1. The van der Waals surface area contributed by atoms with Crippen LogP contribution in [0, 0.1) is 0 Å². The molecule has 5 nitrogen and oxygen atoms in total. The van der Waals surface area contributed by atoms with Crippen molar-refractivity contribution in [2.45, 2.75) is 51.6 Å². The maximum Gasteiger partial charge on any atom is 0.317 e. The van der Waals surface area contributed by atoms with Crippen LogP contribution in [0.3, 0.4) is 0 Å². The van der Waals surface area contributed by atoms with Crippen molar-refractivity contribution >= 4 is 28.5 Å². The van der Waals surface area contributed by atoms with Crippen LogP contribution in [0.5, 0.6) is 0 Å². The number of carbonyl (C=O) groups is 1. The molecule has 27 heavy (non-hydrogen) atoms. The van der Waals surface area contributed by atoms with Crippen molar-refractivity contribution in [2.24, 2.45) is 0 Å². The molecule has 0 bridgehead atoms. The Morgan fingerprint density at radius 3 is 2.81 bits per heavy atom. The van der Waals surface area contributed by atoms with E-state index >= 15 is 0 Å². The number of aromatic amines is 1. The van der Waals surface area contributed by atoms with Crippen LogP contribution in [0.1, 0.15) is 44.2 Å². The molecule has 0 saturated carbocycles. The van der Waals surface area contributed by atoms with E-state index in [0.717, 1.165) is 49.7 Å². The molecule has 1 fully saturated rings. The summed E-state index contributed by atoms with van der Waals surface area (Å²) in [6.07, 6.45) is 1.96. The first-order valence-corrected chi connectivity index (χ1v) is 10.5. The summed E-state index contributed by atoms with van der Waals surface area (Å²) in [6.45, 7) is 9.62. The summed E-state index contributed by atoms with van der Waals surface area (Å²) in [4.78, 5) is 20.3. The van der Waals surface area contributed by atoms with E-state index < -0.39 is 0 Å². The molecule has 1 aromatic carbocycles. The Morgan fingerprint density at radius 1 is 1.33 bits per heavy atom. The lowest BCUT2D eigenvalue weighted by Crippen LogP contribution is -2.57. The van der Waals surface area contributed by atoms with Gasteiger partial charge in [0.2, 0.25) is 0 Å². The number of H-pyrrole nitrogens is 1. The van der Waals surface area contributed by atoms with Crippen molar-refractivity contribution < 1.29 is 4.79 Å². The molecule has 0 unspecified atom stereocenters. The van der Waals surface area contributed by atoms with Gasteiger partial charge in [0.1, 0.15) is 5.15 Å². The molecule has 3 atom stereocenters. The minimum Gasteiger partial charge on any atom is -0.345 e. The number of carbonyl (C=O) groups excluding carboxylic acids is 1. The Balaban J connectivity index is 1.65. The molecule has 2 aliphatic rings. The van der Waals surface area contributed by atoms with Crippen LogP contribution in [0.2, 0.25) is 5.15 Å². The van der Waals surface area contributed by atoms with Crippen molar-refractivity contribution in [1.82, 2.24) is 20.1 Å². The van der Waals surface area contributed by atoms with Crippen molar-refractivity contribution in [3.63, 3.8) is 0 Å². The molecule has 2 heterocycles. The zero-order valence-electron chi connectivity index (χ0n) is 16.4. The fourth-order valence-corrected chi connectivity index (χ4v) is 5.36. The van der Waals surface area contributed by atoms with Crippen molar-refractivity contribution in [2.75, 3.05) is 26.2 Å².